The van der Waals surface area contributed by atoms with Crippen molar-refractivity contribution >= 4 is 16.5 Å². The quantitative estimate of drug-likeness (QED) is 0.749. The molecule has 0 unspecified atom stereocenters. The first-order valence-corrected chi connectivity index (χ1v) is 7.43. The first-order valence-electron chi connectivity index (χ1n) is 6.62. The van der Waals surface area contributed by atoms with E-state index in [2.05, 4.69) is 36.1 Å². The lowest BCUT2D eigenvalue weighted by Crippen LogP contribution is -2.17. The van der Waals surface area contributed by atoms with Crippen LogP contribution in [-0.4, -0.2) is 32.2 Å². The molecule has 0 aliphatic rings. The van der Waals surface area contributed by atoms with Gasteiger partial charge >= 0.3 is 0 Å². The van der Waals surface area contributed by atoms with Crippen molar-refractivity contribution in [1.82, 2.24) is 10.3 Å². The lowest BCUT2D eigenvalue weighted by atomic mass is 10.3. The van der Waals surface area contributed by atoms with Crippen LogP contribution in [0, 0.1) is 0 Å². The van der Waals surface area contributed by atoms with Crippen LogP contribution in [0.1, 0.15) is 37.3 Å². The van der Waals surface area contributed by atoms with Crippen LogP contribution in [-0.2, 0) is 17.9 Å². The van der Waals surface area contributed by atoms with Crippen molar-refractivity contribution in [3.63, 3.8) is 0 Å². The van der Waals surface area contributed by atoms with Gasteiger partial charge in [0, 0.05) is 32.1 Å². The lowest BCUT2D eigenvalue weighted by molar-refractivity contribution is 0.181. The molecule has 0 amide bonds. The molecule has 0 fully saturated rings. The third-order valence-corrected chi connectivity index (χ3v) is 3.97. The van der Waals surface area contributed by atoms with Gasteiger partial charge in [-0.3, -0.25) is 0 Å². The average molecular weight is 271 g/mol. The third-order valence-electron chi connectivity index (χ3n) is 2.76. The maximum absolute atomic E-state index is 5.22. The highest BCUT2D eigenvalue weighted by Crippen LogP contribution is 2.26. The molecule has 0 radical (unpaired) electrons. The van der Waals surface area contributed by atoms with E-state index in [1.807, 2.05) is 0 Å². The van der Waals surface area contributed by atoms with Crippen molar-refractivity contribution in [2.45, 2.75) is 39.8 Å². The Bertz CT molecular complexity index is 341. The molecule has 0 saturated heterocycles. The van der Waals surface area contributed by atoms with Crippen LogP contribution >= 0.6 is 11.3 Å². The Kier molecular flexibility index (Phi) is 7.23. The number of methoxy groups -OCH3 is 1. The zero-order valence-corrected chi connectivity index (χ0v) is 12.8. The molecule has 1 aromatic heterocycles. The number of hydrogen-bond acceptors (Lipinski definition) is 5. The van der Waals surface area contributed by atoms with Gasteiger partial charge in [-0.25, -0.2) is 4.98 Å². The topological polar surface area (TPSA) is 37.4 Å². The summed E-state index contributed by atoms with van der Waals surface area (Å²) in [5, 5.41) is 4.46. The van der Waals surface area contributed by atoms with Gasteiger partial charge in [-0.05, 0) is 13.0 Å². The number of rotatable bonds is 9. The van der Waals surface area contributed by atoms with Gasteiger partial charge in [-0.1, -0.05) is 20.3 Å². The van der Waals surface area contributed by atoms with Gasteiger partial charge in [0.2, 0.25) is 0 Å². The second-order valence-electron chi connectivity index (χ2n) is 4.35. The van der Waals surface area contributed by atoms with Gasteiger partial charge in [0.1, 0.15) is 0 Å². The fourth-order valence-electron chi connectivity index (χ4n) is 1.65. The average Bonchev–Trinajstić information content (AvgIpc) is 2.77. The van der Waals surface area contributed by atoms with Crippen LogP contribution in [0.15, 0.2) is 0 Å². The number of hydrogen-bond donors (Lipinski definition) is 1. The second-order valence-corrected chi connectivity index (χ2v) is 5.42. The summed E-state index contributed by atoms with van der Waals surface area (Å²) in [6.07, 6.45) is 2.42. The lowest BCUT2D eigenvalue weighted by Gasteiger charge is -2.14. The van der Waals surface area contributed by atoms with Crippen molar-refractivity contribution in [2.75, 3.05) is 32.1 Å². The van der Waals surface area contributed by atoms with Gasteiger partial charge < -0.3 is 15.0 Å². The van der Waals surface area contributed by atoms with E-state index in [0.29, 0.717) is 6.61 Å². The zero-order chi connectivity index (χ0) is 13.4. The monoisotopic (exact) mass is 271 g/mol. The summed E-state index contributed by atoms with van der Waals surface area (Å²) in [6.45, 7) is 7.85. The van der Waals surface area contributed by atoms with E-state index in [1.54, 1.807) is 18.4 Å². The van der Waals surface area contributed by atoms with Gasteiger partial charge in [0.25, 0.3) is 0 Å². The van der Waals surface area contributed by atoms with E-state index in [9.17, 15) is 0 Å². The molecule has 0 aliphatic carbocycles. The number of nitrogens with zero attached hydrogens (tertiary/aromatic N) is 2. The molecule has 1 aromatic rings. The molecule has 104 valence electrons. The summed E-state index contributed by atoms with van der Waals surface area (Å²) in [6, 6.07) is 0. The molecule has 0 atom stereocenters. The fourth-order valence-corrected chi connectivity index (χ4v) is 2.67. The normalized spacial score (nSPS) is 10.9. The Morgan fingerprint density at radius 1 is 1.39 bits per heavy atom. The van der Waals surface area contributed by atoms with E-state index in [0.717, 1.165) is 30.5 Å². The highest BCUT2D eigenvalue weighted by atomic mass is 32.1. The number of anilines is 1. The van der Waals surface area contributed by atoms with Crippen molar-refractivity contribution in [3.8, 4) is 0 Å². The maximum atomic E-state index is 5.22. The minimum atomic E-state index is 0.596. The Hall–Kier alpha value is -0.650. The molecule has 5 heteroatoms. The summed E-state index contributed by atoms with van der Waals surface area (Å²) in [5.41, 5.74) is 1.07. The van der Waals surface area contributed by atoms with Crippen LogP contribution < -0.4 is 10.2 Å². The fraction of sp³-hybridized carbons (Fsp3) is 0.769. The van der Waals surface area contributed by atoms with E-state index in [1.165, 1.54) is 17.7 Å². The zero-order valence-electron chi connectivity index (χ0n) is 12.0. The number of nitrogens with one attached hydrogen (secondary N) is 1. The molecule has 0 aromatic carbocycles. The largest absolute Gasteiger partial charge is 0.378 e. The molecule has 0 aliphatic heterocycles. The van der Waals surface area contributed by atoms with Crippen LogP contribution in [0.3, 0.4) is 0 Å². The van der Waals surface area contributed by atoms with Crippen LogP contribution in [0.5, 0.6) is 0 Å². The molecule has 4 nitrogen and oxygen atoms in total. The molecular weight excluding hydrogens is 246 g/mol. The highest BCUT2D eigenvalue weighted by Gasteiger charge is 2.13. The predicted molar refractivity (Wildman–Crippen MR) is 78.4 cm³/mol. The van der Waals surface area contributed by atoms with E-state index < -0.39 is 0 Å². The predicted octanol–water partition coefficient (Wildman–Crippen LogP) is 2.64. The van der Waals surface area contributed by atoms with Crippen LogP contribution in [0.25, 0.3) is 0 Å². The minimum absolute atomic E-state index is 0.596. The Morgan fingerprint density at radius 3 is 2.78 bits per heavy atom. The van der Waals surface area contributed by atoms with Crippen molar-refractivity contribution < 1.29 is 4.74 Å². The number of aromatic nitrogens is 1. The van der Waals surface area contributed by atoms with Gasteiger partial charge in [-0.15, -0.1) is 11.3 Å². The van der Waals surface area contributed by atoms with E-state index in [4.69, 9.17) is 4.74 Å². The molecule has 18 heavy (non-hydrogen) atoms. The number of unbranched alkanes of at least 4 members (excludes halogenated alkanes) is 1. The third kappa shape index (κ3) is 4.55. The summed E-state index contributed by atoms with van der Waals surface area (Å²) in [5.74, 6) is 0. The van der Waals surface area contributed by atoms with Crippen molar-refractivity contribution in [3.05, 3.63) is 10.6 Å². The molecule has 1 rings (SSSR count). The Labute approximate surface area is 114 Å². The standard InChI is InChI=1S/C13H25N3OS/c1-5-7-8-16(3)13-15-11(10-17-4)12(18-13)9-14-6-2/h14H,5-10H2,1-4H3. The smallest absolute Gasteiger partial charge is 0.185 e. The summed E-state index contributed by atoms with van der Waals surface area (Å²) < 4.78 is 5.22. The molecule has 0 bridgehead atoms. The minimum Gasteiger partial charge on any atom is -0.378 e. The highest BCUT2D eigenvalue weighted by molar-refractivity contribution is 7.15. The molecule has 1 N–H and O–H groups in total. The molecule has 0 saturated carbocycles. The summed E-state index contributed by atoms with van der Waals surface area (Å²) in [4.78, 5) is 8.21. The van der Waals surface area contributed by atoms with Crippen molar-refractivity contribution in [1.29, 1.82) is 0 Å². The first kappa shape index (κ1) is 15.4. The summed E-state index contributed by atoms with van der Waals surface area (Å²) >= 11 is 1.77. The van der Waals surface area contributed by atoms with Crippen molar-refractivity contribution in [2.24, 2.45) is 0 Å². The molecule has 0 spiro atoms. The van der Waals surface area contributed by atoms with E-state index in [-0.39, 0.29) is 0 Å². The van der Waals surface area contributed by atoms with Gasteiger partial charge in [-0.2, -0.15) is 0 Å². The first-order chi connectivity index (χ1) is 8.72. The van der Waals surface area contributed by atoms with Gasteiger partial charge in [0.05, 0.1) is 12.3 Å². The number of ether oxygens (including phenoxy) is 1. The Morgan fingerprint density at radius 2 is 2.17 bits per heavy atom. The summed E-state index contributed by atoms with van der Waals surface area (Å²) in [7, 11) is 3.83. The second kappa shape index (κ2) is 8.45. The maximum Gasteiger partial charge on any atom is 0.185 e. The SMILES string of the molecule is CCCCN(C)c1nc(COC)c(CNCC)s1. The Balaban J connectivity index is 2.73. The molecule has 1 heterocycles. The molecular formula is C13H25N3OS. The van der Waals surface area contributed by atoms with Crippen LogP contribution in [0.4, 0.5) is 5.13 Å². The number of thiazole rings is 1. The van der Waals surface area contributed by atoms with Gasteiger partial charge in [0.15, 0.2) is 5.13 Å². The van der Waals surface area contributed by atoms with Crippen LogP contribution in [0.2, 0.25) is 0 Å². The van der Waals surface area contributed by atoms with E-state index >= 15 is 0 Å².